The summed E-state index contributed by atoms with van der Waals surface area (Å²) < 4.78 is 9.80. The van der Waals surface area contributed by atoms with Crippen molar-refractivity contribution in [1.82, 2.24) is 29.3 Å². The molecule has 0 bridgehead atoms. The summed E-state index contributed by atoms with van der Waals surface area (Å²) in [6.45, 7) is 5.39. The molecule has 3 N–H and O–H groups in total. The van der Waals surface area contributed by atoms with Crippen LogP contribution in [0.5, 0.6) is 11.6 Å². The number of nitrogens with one attached hydrogen (secondary N) is 1. The fraction of sp³-hybridized carbons (Fsp3) is 0.348. The Labute approximate surface area is 201 Å². The van der Waals surface area contributed by atoms with Gasteiger partial charge in [-0.25, -0.2) is 9.97 Å². The Hall–Kier alpha value is -3.66. The van der Waals surface area contributed by atoms with Gasteiger partial charge in [-0.3, -0.25) is 14.5 Å². The van der Waals surface area contributed by atoms with Gasteiger partial charge in [0.2, 0.25) is 17.7 Å². The third-order valence-corrected chi connectivity index (χ3v) is 6.41. The lowest BCUT2D eigenvalue weighted by atomic mass is 9.82. The average Bonchev–Trinajstić information content (AvgIpc) is 3.32. The Kier molecular flexibility index (Phi) is 5.40. The molecule has 4 aromatic heterocycles. The summed E-state index contributed by atoms with van der Waals surface area (Å²) in [5.74, 6) is 1.53. The van der Waals surface area contributed by atoms with E-state index in [1.165, 1.54) is 11.9 Å². The maximum atomic E-state index is 11.2. The molecule has 0 aliphatic carbocycles. The summed E-state index contributed by atoms with van der Waals surface area (Å²) in [6, 6.07) is 5.37. The van der Waals surface area contributed by atoms with E-state index >= 15 is 0 Å². The van der Waals surface area contributed by atoms with Crippen LogP contribution >= 0.6 is 11.6 Å². The number of halogens is 1. The predicted molar refractivity (Wildman–Crippen MR) is 128 cm³/mol. The van der Waals surface area contributed by atoms with Crippen LogP contribution in [0.1, 0.15) is 38.1 Å². The SMILES string of the molecule is Cn1c(Nc2cc3n(n2)CCCC3(C)C)nc2cnc(Oc3ccnc(CC(N)=O)c3)c(Cl)c21. The van der Waals surface area contributed by atoms with Gasteiger partial charge in [-0.05, 0) is 18.9 Å². The zero-order valence-electron chi connectivity index (χ0n) is 19.2. The van der Waals surface area contributed by atoms with E-state index < -0.39 is 5.91 Å². The van der Waals surface area contributed by atoms with E-state index in [0.717, 1.165) is 25.2 Å². The molecule has 176 valence electrons. The highest BCUT2D eigenvalue weighted by atomic mass is 35.5. The van der Waals surface area contributed by atoms with Crippen LogP contribution in [0, 0.1) is 0 Å². The second-order valence-corrected chi connectivity index (χ2v) is 9.46. The number of ether oxygens (including phenoxy) is 1. The number of nitrogens with zero attached hydrogens (tertiary/aromatic N) is 6. The molecule has 0 atom stereocenters. The van der Waals surface area contributed by atoms with Gasteiger partial charge < -0.3 is 20.4 Å². The van der Waals surface area contributed by atoms with Crippen molar-refractivity contribution in [2.75, 3.05) is 5.32 Å². The zero-order valence-corrected chi connectivity index (χ0v) is 19.9. The van der Waals surface area contributed by atoms with Crippen molar-refractivity contribution >= 4 is 40.3 Å². The van der Waals surface area contributed by atoms with E-state index in [1.807, 2.05) is 11.6 Å². The van der Waals surface area contributed by atoms with E-state index in [2.05, 4.69) is 44.9 Å². The predicted octanol–water partition coefficient (Wildman–Crippen LogP) is 3.85. The van der Waals surface area contributed by atoms with Crippen LogP contribution in [-0.4, -0.2) is 35.2 Å². The third kappa shape index (κ3) is 4.05. The number of fused-ring (bicyclic) bond motifs is 2. The van der Waals surface area contributed by atoms with Gasteiger partial charge in [-0.15, -0.1) is 0 Å². The van der Waals surface area contributed by atoms with Crippen molar-refractivity contribution in [3.63, 3.8) is 0 Å². The fourth-order valence-corrected chi connectivity index (χ4v) is 4.65. The Morgan fingerprint density at radius 2 is 2.15 bits per heavy atom. The monoisotopic (exact) mass is 480 g/mol. The molecular formula is C23H25ClN8O2. The summed E-state index contributed by atoms with van der Waals surface area (Å²) >= 11 is 6.67. The number of hydrogen-bond acceptors (Lipinski definition) is 7. The number of carbonyl (C=O) groups is 1. The van der Waals surface area contributed by atoms with E-state index in [0.29, 0.717) is 33.4 Å². The van der Waals surface area contributed by atoms with Crippen LogP contribution in [0.2, 0.25) is 5.02 Å². The number of carbonyl (C=O) groups excluding carboxylic acids is 1. The molecule has 0 saturated heterocycles. The van der Waals surface area contributed by atoms with E-state index in [4.69, 9.17) is 27.2 Å². The van der Waals surface area contributed by atoms with Crippen molar-refractivity contribution < 1.29 is 9.53 Å². The number of nitrogens with two attached hydrogens (primary N) is 1. The Morgan fingerprint density at radius 3 is 2.91 bits per heavy atom. The number of primary amides is 1. The highest BCUT2D eigenvalue weighted by Crippen LogP contribution is 2.37. The second kappa shape index (κ2) is 8.28. The van der Waals surface area contributed by atoms with E-state index in [-0.39, 0.29) is 17.7 Å². The van der Waals surface area contributed by atoms with Crippen LogP contribution < -0.4 is 15.8 Å². The van der Waals surface area contributed by atoms with Crippen molar-refractivity contribution in [3.8, 4) is 11.6 Å². The Balaban J connectivity index is 1.44. The van der Waals surface area contributed by atoms with Crippen LogP contribution in [0.25, 0.3) is 11.0 Å². The molecule has 11 heteroatoms. The maximum Gasteiger partial charge on any atom is 0.240 e. The molecule has 5 rings (SSSR count). The molecule has 0 aromatic carbocycles. The average molecular weight is 481 g/mol. The highest BCUT2D eigenvalue weighted by Gasteiger charge is 2.29. The molecule has 0 radical (unpaired) electrons. The van der Waals surface area contributed by atoms with E-state index in [9.17, 15) is 4.79 Å². The van der Waals surface area contributed by atoms with Gasteiger partial charge in [0.15, 0.2) is 5.82 Å². The first kappa shape index (κ1) is 22.1. The molecule has 34 heavy (non-hydrogen) atoms. The molecule has 0 spiro atoms. The topological polar surface area (TPSA) is 126 Å². The van der Waals surface area contributed by atoms with Gasteiger partial charge in [0.1, 0.15) is 16.3 Å². The highest BCUT2D eigenvalue weighted by molar-refractivity contribution is 6.36. The fourth-order valence-electron chi connectivity index (χ4n) is 4.34. The summed E-state index contributed by atoms with van der Waals surface area (Å²) in [5, 5.41) is 8.36. The van der Waals surface area contributed by atoms with Crippen molar-refractivity contribution in [1.29, 1.82) is 0 Å². The van der Waals surface area contributed by atoms with E-state index in [1.54, 1.807) is 18.3 Å². The van der Waals surface area contributed by atoms with Crippen molar-refractivity contribution in [2.45, 2.75) is 45.1 Å². The van der Waals surface area contributed by atoms with Gasteiger partial charge in [-0.1, -0.05) is 25.4 Å². The minimum atomic E-state index is -0.473. The molecule has 0 fully saturated rings. The van der Waals surface area contributed by atoms with Gasteiger partial charge >= 0.3 is 0 Å². The molecule has 1 aliphatic rings. The van der Waals surface area contributed by atoms with Gasteiger partial charge in [0, 0.05) is 43.0 Å². The lowest BCUT2D eigenvalue weighted by Gasteiger charge is -2.30. The standard InChI is InChI=1S/C23H25ClN8O2/c1-23(2)6-4-8-32-16(23)11-18(30-32)29-22-28-15-12-27-21(19(24)20(15)31(22)3)34-14-5-7-26-13(9-14)10-17(25)33/h5,7,9,11-12H,4,6,8,10H2,1-3H3,(H2,25,33)(H,28,29,30). The molecule has 0 saturated carbocycles. The molecule has 0 unspecified atom stereocenters. The number of anilines is 2. The first-order chi connectivity index (χ1) is 16.2. The summed E-state index contributed by atoms with van der Waals surface area (Å²) in [6.07, 6.45) is 5.41. The minimum Gasteiger partial charge on any atom is -0.437 e. The van der Waals surface area contributed by atoms with Crippen molar-refractivity contribution in [3.05, 3.63) is 47.0 Å². The van der Waals surface area contributed by atoms with Crippen LogP contribution in [0.15, 0.2) is 30.6 Å². The number of pyridine rings is 2. The smallest absolute Gasteiger partial charge is 0.240 e. The summed E-state index contributed by atoms with van der Waals surface area (Å²) in [4.78, 5) is 24.3. The third-order valence-electron chi connectivity index (χ3n) is 6.06. The van der Waals surface area contributed by atoms with Crippen LogP contribution in [0.3, 0.4) is 0 Å². The number of rotatable bonds is 6. The number of amides is 1. The Morgan fingerprint density at radius 1 is 1.32 bits per heavy atom. The second-order valence-electron chi connectivity index (χ2n) is 9.08. The summed E-state index contributed by atoms with van der Waals surface area (Å²) in [5.41, 5.74) is 8.34. The molecule has 10 nitrogen and oxygen atoms in total. The quantitative estimate of drug-likeness (QED) is 0.429. The lowest BCUT2D eigenvalue weighted by molar-refractivity contribution is -0.117. The molecule has 4 aromatic rings. The van der Waals surface area contributed by atoms with Gasteiger partial charge in [-0.2, -0.15) is 5.10 Å². The number of aryl methyl sites for hydroxylation is 2. The van der Waals surface area contributed by atoms with Crippen molar-refractivity contribution in [2.24, 2.45) is 12.8 Å². The first-order valence-corrected chi connectivity index (χ1v) is 11.4. The molecule has 5 heterocycles. The lowest BCUT2D eigenvalue weighted by Crippen LogP contribution is -2.27. The van der Waals surface area contributed by atoms with Crippen LogP contribution in [0.4, 0.5) is 11.8 Å². The minimum absolute atomic E-state index is 0.0167. The molecule has 1 amide bonds. The zero-order chi connectivity index (χ0) is 24.0. The number of hydrogen-bond donors (Lipinski definition) is 2. The summed E-state index contributed by atoms with van der Waals surface area (Å²) in [7, 11) is 1.87. The first-order valence-electron chi connectivity index (χ1n) is 11.0. The number of aromatic nitrogens is 6. The molecule has 1 aliphatic heterocycles. The van der Waals surface area contributed by atoms with Crippen LogP contribution in [-0.2, 0) is 30.2 Å². The van der Waals surface area contributed by atoms with Gasteiger partial charge in [0.05, 0.1) is 23.8 Å². The maximum absolute atomic E-state index is 11.2. The van der Waals surface area contributed by atoms with Gasteiger partial charge in [0.25, 0.3) is 0 Å². The normalized spacial score (nSPS) is 14.7. The number of imidazole rings is 1. The Bertz CT molecular complexity index is 1410. The molecular weight excluding hydrogens is 456 g/mol. The largest absolute Gasteiger partial charge is 0.437 e.